The fourth-order valence-electron chi connectivity index (χ4n) is 2.12. The van der Waals surface area contributed by atoms with Crippen LogP contribution in [0.15, 0.2) is 28.7 Å². The van der Waals surface area contributed by atoms with E-state index in [0.29, 0.717) is 5.56 Å². The lowest BCUT2D eigenvalue weighted by molar-refractivity contribution is -0.129. The minimum absolute atomic E-state index is 0.0677. The van der Waals surface area contributed by atoms with Gasteiger partial charge in [-0.15, -0.1) is 0 Å². The molecule has 0 radical (unpaired) electrons. The van der Waals surface area contributed by atoms with Crippen LogP contribution in [0.25, 0.3) is 0 Å². The third-order valence-electron chi connectivity index (χ3n) is 3.13. The molecule has 0 spiro atoms. The number of aliphatic hydroxyl groups excluding tert-OH is 2. The summed E-state index contributed by atoms with van der Waals surface area (Å²) >= 11 is 3.27. The number of nitrogens with one attached hydrogen (secondary N) is 2. The second-order valence-corrected chi connectivity index (χ2v) is 5.22. The zero-order valence-corrected chi connectivity index (χ0v) is 11.5. The van der Waals surface area contributed by atoms with Crippen molar-refractivity contribution in [2.75, 3.05) is 6.61 Å². The van der Waals surface area contributed by atoms with Gasteiger partial charge in [0.1, 0.15) is 6.10 Å². The zero-order valence-electron chi connectivity index (χ0n) is 9.89. The summed E-state index contributed by atoms with van der Waals surface area (Å²) < 4.78 is 0.833. The van der Waals surface area contributed by atoms with Gasteiger partial charge in [0.2, 0.25) is 0 Å². The van der Waals surface area contributed by atoms with Crippen molar-refractivity contribution in [3.63, 3.8) is 0 Å². The Bertz CT molecular complexity index is 505. The van der Waals surface area contributed by atoms with Crippen molar-refractivity contribution in [3.05, 3.63) is 34.3 Å². The van der Waals surface area contributed by atoms with Gasteiger partial charge in [0, 0.05) is 17.5 Å². The van der Waals surface area contributed by atoms with Crippen molar-refractivity contribution in [1.29, 1.82) is 0 Å². The van der Waals surface area contributed by atoms with Crippen LogP contribution in [0.5, 0.6) is 0 Å². The Kier molecular flexibility index (Phi) is 3.88. The van der Waals surface area contributed by atoms with Crippen LogP contribution in [0.4, 0.5) is 4.79 Å². The number of carbonyl (C=O) groups excluding carboxylic acids is 2. The third-order valence-corrected chi connectivity index (χ3v) is 3.66. The molecule has 1 fully saturated rings. The maximum absolute atomic E-state index is 11.9. The lowest BCUT2D eigenvalue weighted by atomic mass is 9.85. The van der Waals surface area contributed by atoms with E-state index < -0.39 is 23.6 Å². The van der Waals surface area contributed by atoms with Gasteiger partial charge in [-0.3, -0.25) is 10.1 Å². The number of rotatable bonds is 4. The topological polar surface area (TPSA) is 98.7 Å². The molecule has 0 saturated carbocycles. The molecule has 1 aromatic carbocycles. The van der Waals surface area contributed by atoms with Crippen molar-refractivity contribution >= 4 is 27.9 Å². The fraction of sp³-hybridized carbons (Fsp3) is 0.333. The highest BCUT2D eigenvalue weighted by atomic mass is 79.9. The maximum atomic E-state index is 11.9. The average Bonchev–Trinajstić information content (AvgIpc) is 2.65. The highest BCUT2D eigenvalue weighted by Crippen LogP contribution is 2.32. The molecule has 1 aliphatic rings. The Morgan fingerprint density at radius 1 is 1.26 bits per heavy atom. The average molecular weight is 329 g/mol. The number of hydrogen-bond donors (Lipinski definition) is 4. The molecule has 0 aromatic heterocycles. The Hall–Kier alpha value is -1.44. The minimum Gasteiger partial charge on any atom is -0.396 e. The second-order valence-electron chi connectivity index (χ2n) is 4.31. The molecule has 0 aliphatic carbocycles. The summed E-state index contributed by atoms with van der Waals surface area (Å²) in [4.78, 5) is 23.2. The summed E-state index contributed by atoms with van der Waals surface area (Å²) in [7, 11) is 0. The Morgan fingerprint density at radius 2 is 1.89 bits per heavy atom. The van der Waals surface area contributed by atoms with Crippen LogP contribution < -0.4 is 10.6 Å². The number of urea groups is 1. The van der Waals surface area contributed by atoms with Gasteiger partial charge in [-0.2, -0.15) is 0 Å². The van der Waals surface area contributed by atoms with Crippen LogP contribution >= 0.6 is 15.9 Å². The van der Waals surface area contributed by atoms with Gasteiger partial charge >= 0.3 is 6.03 Å². The molecule has 2 unspecified atom stereocenters. The van der Waals surface area contributed by atoms with E-state index in [1.54, 1.807) is 24.3 Å². The molecule has 1 aliphatic heterocycles. The molecule has 3 amide bonds. The van der Waals surface area contributed by atoms with Crippen LogP contribution in [0.1, 0.15) is 18.1 Å². The lowest BCUT2D eigenvalue weighted by Gasteiger charge is -2.30. The first-order valence-corrected chi connectivity index (χ1v) is 6.47. The summed E-state index contributed by atoms with van der Waals surface area (Å²) in [5.41, 5.74) is -1.05. The van der Waals surface area contributed by atoms with Crippen molar-refractivity contribution < 1.29 is 19.8 Å². The van der Waals surface area contributed by atoms with Gasteiger partial charge in [-0.1, -0.05) is 28.1 Å². The molecule has 1 heterocycles. The molecule has 102 valence electrons. The van der Waals surface area contributed by atoms with Gasteiger partial charge < -0.3 is 15.5 Å². The Morgan fingerprint density at radius 3 is 2.37 bits per heavy atom. The molecule has 2 atom stereocenters. The maximum Gasteiger partial charge on any atom is 0.322 e. The van der Waals surface area contributed by atoms with E-state index in [-0.39, 0.29) is 13.0 Å². The van der Waals surface area contributed by atoms with Crippen molar-refractivity contribution in [2.24, 2.45) is 0 Å². The highest BCUT2D eigenvalue weighted by Gasteiger charge is 2.51. The standard InChI is InChI=1S/C12H13BrN2O4/c13-8-3-1-7(2-4-8)9(17)12(5-6-16)10(18)14-11(19)15-12/h1-4,9,16-17H,5-6H2,(H2,14,15,18,19). The Labute approximate surface area is 117 Å². The molecule has 19 heavy (non-hydrogen) atoms. The van der Waals surface area contributed by atoms with E-state index in [4.69, 9.17) is 5.11 Å². The normalized spacial score (nSPS) is 23.9. The second kappa shape index (κ2) is 5.28. The molecular formula is C12H13BrN2O4. The number of halogens is 1. The summed E-state index contributed by atoms with van der Waals surface area (Å²) in [6.07, 6.45) is -1.30. The quantitative estimate of drug-likeness (QED) is 0.603. The van der Waals surface area contributed by atoms with Gasteiger partial charge in [0.15, 0.2) is 5.54 Å². The van der Waals surface area contributed by atoms with Gasteiger partial charge in [-0.05, 0) is 17.7 Å². The minimum atomic E-state index is -1.53. The predicted molar refractivity (Wildman–Crippen MR) is 70.2 cm³/mol. The van der Waals surface area contributed by atoms with Crippen molar-refractivity contribution in [3.8, 4) is 0 Å². The van der Waals surface area contributed by atoms with Crippen LogP contribution in [0.3, 0.4) is 0 Å². The van der Waals surface area contributed by atoms with Gasteiger partial charge in [0.05, 0.1) is 0 Å². The molecule has 2 rings (SSSR count). The summed E-state index contributed by atoms with van der Waals surface area (Å²) in [6, 6.07) is 6.06. The first-order chi connectivity index (χ1) is 8.99. The van der Waals surface area contributed by atoms with Gasteiger partial charge in [-0.25, -0.2) is 4.79 Å². The molecule has 1 aromatic rings. The molecular weight excluding hydrogens is 316 g/mol. The van der Waals surface area contributed by atoms with E-state index in [9.17, 15) is 14.7 Å². The summed E-state index contributed by atoms with van der Waals surface area (Å²) in [5, 5.41) is 24.0. The predicted octanol–water partition coefficient (Wildman–Crippen LogP) is 0.443. The first kappa shape index (κ1) is 14.0. The van der Waals surface area contributed by atoms with Crippen molar-refractivity contribution in [1.82, 2.24) is 10.6 Å². The number of aliphatic hydroxyl groups is 2. The van der Waals surface area contributed by atoms with Crippen LogP contribution in [-0.2, 0) is 4.79 Å². The number of imide groups is 1. The van der Waals surface area contributed by atoms with E-state index in [1.807, 2.05) is 0 Å². The van der Waals surface area contributed by atoms with E-state index in [2.05, 4.69) is 26.6 Å². The molecule has 6 nitrogen and oxygen atoms in total. The van der Waals surface area contributed by atoms with E-state index in [1.165, 1.54) is 0 Å². The molecule has 0 bridgehead atoms. The smallest absolute Gasteiger partial charge is 0.322 e. The van der Waals surface area contributed by atoms with Crippen LogP contribution in [-0.4, -0.2) is 34.3 Å². The number of benzene rings is 1. The fourth-order valence-corrected chi connectivity index (χ4v) is 2.38. The first-order valence-electron chi connectivity index (χ1n) is 5.67. The molecule has 7 heteroatoms. The van der Waals surface area contributed by atoms with Crippen molar-refractivity contribution in [2.45, 2.75) is 18.1 Å². The lowest BCUT2D eigenvalue weighted by Crippen LogP contribution is -2.52. The number of carbonyl (C=O) groups is 2. The van der Waals surface area contributed by atoms with E-state index >= 15 is 0 Å². The van der Waals surface area contributed by atoms with Crippen LogP contribution in [0.2, 0.25) is 0 Å². The SMILES string of the molecule is O=C1NC(=O)C(CCO)(C(O)c2ccc(Br)cc2)N1. The third kappa shape index (κ3) is 2.49. The zero-order chi connectivity index (χ0) is 14.0. The monoisotopic (exact) mass is 328 g/mol. The highest BCUT2D eigenvalue weighted by molar-refractivity contribution is 9.10. The largest absolute Gasteiger partial charge is 0.396 e. The number of hydrogen-bond acceptors (Lipinski definition) is 4. The van der Waals surface area contributed by atoms with Crippen LogP contribution in [0, 0.1) is 0 Å². The molecule has 1 saturated heterocycles. The Balaban J connectivity index is 2.36. The van der Waals surface area contributed by atoms with Gasteiger partial charge in [0.25, 0.3) is 5.91 Å². The summed E-state index contributed by atoms with van der Waals surface area (Å²) in [5.74, 6) is -0.637. The van der Waals surface area contributed by atoms with E-state index in [0.717, 1.165) is 4.47 Å². The number of amides is 3. The molecule has 4 N–H and O–H groups in total. The summed E-state index contributed by atoms with van der Waals surface area (Å²) in [6.45, 7) is -0.332.